The molecule has 9 heteroatoms. The zero-order valence-electron chi connectivity index (χ0n) is 14.0. The maximum absolute atomic E-state index is 12.8. The van der Waals surface area contributed by atoms with Crippen LogP contribution in [-0.4, -0.2) is 69.8 Å². The summed E-state index contributed by atoms with van der Waals surface area (Å²) in [5.41, 5.74) is 0.998. The van der Waals surface area contributed by atoms with Gasteiger partial charge in [0.15, 0.2) is 0 Å². The van der Waals surface area contributed by atoms with Gasteiger partial charge in [0.05, 0.1) is 12.4 Å². The predicted octanol–water partition coefficient (Wildman–Crippen LogP) is 0.695. The van der Waals surface area contributed by atoms with Gasteiger partial charge in [0, 0.05) is 43.4 Å². The lowest BCUT2D eigenvalue weighted by Gasteiger charge is -2.36. The van der Waals surface area contributed by atoms with E-state index in [9.17, 15) is 13.2 Å². The lowest BCUT2D eigenvalue weighted by molar-refractivity contribution is -0.142. The molecule has 2 atom stereocenters. The second kappa shape index (κ2) is 7.49. The molecule has 1 aromatic rings. The van der Waals surface area contributed by atoms with E-state index in [1.54, 1.807) is 0 Å². The van der Waals surface area contributed by atoms with Gasteiger partial charge in [0.25, 0.3) is 0 Å². The number of anilines is 1. The van der Waals surface area contributed by atoms with E-state index in [-0.39, 0.29) is 13.0 Å². The summed E-state index contributed by atoms with van der Waals surface area (Å²) >= 11 is 6.02. The van der Waals surface area contributed by atoms with Gasteiger partial charge in [-0.15, -0.1) is 0 Å². The van der Waals surface area contributed by atoms with Gasteiger partial charge in [0.2, 0.25) is 10.0 Å². The summed E-state index contributed by atoms with van der Waals surface area (Å²) in [6.07, 6.45) is 0.253. The molecule has 1 N–H and O–H groups in total. The summed E-state index contributed by atoms with van der Waals surface area (Å²) in [6, 6.07) is 7.01. The SMILES string of the molecule is COC(=O)C1CC(S(=O)(=O)N2CCN(c3cccc(Cl)c3)CC2)CN1. The van der Waals surface area contributed by atoms with Crippen molar-refractivity contribution in [1.82, 2.24) is 9.62 Å². The Morgan fingerprint density at radius 1 is 1.28 bits per heavy atom. The minimum Gasteiger partial charge on any atom is -0.468 e. The van der Waals surface area contributed by atoms with Crippen LogP contribution in [0.1, 0.15) is 6.42 Å². The molecule has 0 bridgehead atoms. The van der Waals surface area contributed by atoms with Gasteiger partial charge < -0.3 is 15.0 Å². The van der Waals surface area contributed by atoms with E-state index in [4.69, 9.17) is 11.6 Å². The van der Waals surface area contributed by atoms with E-state index in [0.717, 1.165) is 5.69 Å². The van der Waals surface area contributed by atoms with Crippen molar-refractivity contribution in [2.24, 2.45) is 0 Å². The van der Waals surface area contributed by atoms with Gasteiger partial charge in [-0.2, -0.15) is 4.31 Å². The number of hydrogen-bond donors (Lipinski definition) is 1. The third kappa shape index (κ3) is 3.92. The van der Waals surface area contributed by atoms with Crippen molar-refractivity contribution in [2.45, 2.75) is 17.7 Å². The van der Waals surface area contributed by atoms with Crippen molar-refractivity contribution in [3.63, 3.8) is 0 Å². The number of sulfonamides is 1. The smallest absolute Gasteiger partial charge is 0.322 e. The number of halogens is 1. The summed E-state index contributed by atoms with van der Waals surface area (Å²) in [5, 5.41) is 3.01. The van der Waals surface area contributed by atoms with E-state index >= 15 is 0 Å². The van der Waals surface area contributed by atoms with Crippen LogP contribution in [0.2, 0.25) is 5.02 Å². The van der Waals surface area contributed by atoms with Crippen molar-refractivity contribution in [2.75, 3.05) is 44.7 Å². The third-order valence-electron chi connectivity index (χ3n) is 4.77. The summed E-state index contributed by atoms with van der Waals surface area (Å²) in [5.74, 6) is -0.413. The number of piperazine rings is 1. The number of hydrogen-bond acceptors (Lipinski definition) is 6. The number of benzene rings is 1. The molecule has 0 aromatic heterocycles. The molecule has 2 aliphatic heterocycles. The zero-order chi connectivity index (χ0) is 18.0. The van der Waals surface area contributed by atoms with E-state index in [0.29, 0.717) is 31.2 Å². The van der Waals surface area contributed by atoms with Crippen molar-refractivity contribution in [3.05, 3.63) is 29.3 Å². The number of rotatable bonds is 4. The molecule has 2 saturated heterocycles. The van der Waals surface area contributed by atoms with E-state index < -0.39 is 27.3 Å². The molecular weight excluding hydrogens is 366 g/mol. The Morgan fingerprint density at radius 3 is 2.64 bits per heavy atom. The van der Waals surface area contributed by atoms with Gasteiger partial charge in [0.1, 0.15) is 6.04 Å². The Labute approximate surface area is 152 Å². The molecule has 0 saturated carbocycles. The van der Waals surface area contributed by atoms with Gasteiger partial charge in [-0.25, -0.2) is 8.42 Å². The number of nitrogens with zero attached hydrogens (tertiary/aromatic N) is 2. The molecule has 2 unspecified atom stereocenters. The number of esters is 1. The first-order valence-corrected chi connectivity index (χ1v) is 10.1. The Morgan fingerprint density at radius 2 is 2.00 bits per heavy atom. The molecule has 0 aliphatic carbocycles. The van der Waals surface area contributed by atoms with Crippen LogP contribution in [0.25, 0.3) is 0 Å². The van der Waals surface area contributed by atoms with Crippen molar-refractivity contribution >= 4 is 33.3 Å². The fourth-order valence-corrected chi connectivity index (χ4v) is 5.36. The topological polar surface area (TPSA) is 79.0 Å². The fraction of sp³-hybridized carbons (Fsp3) is 0.562. The average Bonchev–Trinajstić information content (AvgIpc) is 3.12. The standard InChI is InChI=1S/C16H22ClN3O4S/c1-24-16(21)15-10-14(11-18-15)25(22,23)20-7-5-19(6-8-20)13-4-2-3-12(17)9-13/h2-4,9,14-15,18H,5-8,10-11H2,1H3. The Hall–Kier alpha value is -1.35. The highest BCUT2D eigenvalue weighted by Gasteiger charge is 2.41. The number of nitrogens with one attached hydrogen (secondary N) is 1. The zero-order valence-corrected chi connectivity index (χ0v) is 15.6. The minimum absolute atomic E-state index is 0.253. The number of carbonyl (C=O) groups excluding carboxylic acids is 1. The summed E-state index contributed by atoms with van der Waals surface area (Å²) in [4.78, 5) is 13.7. The summed E-state index contributed by atoms with van der Waals surface area (Å²) in [6.45, 7) is 2.35. The molecule has 0 radical (unpaired) electrons. The van der Waals surface area contributed by atoms with Crippen molar-refractivity contribution in [3.8, 4) is 0 Å². The number of carbonyl (C=O) groups is 1. The Balaban J connectivity index is 1.61. The monoisotopic (exact) mass is 387 g/mol. The van der Waals surface area contributed by atoms with Gasteiger partial charge in [-0.1, -0.05) is 17.7 Å². The van der Waals surface area contributed by atoms with Crippen molar-refractivity contribution in [1.29, 1.82) is 0 Å². The molecule has 2 fully saturated rings. The normalized spacial score (nSPS) is 25.1. The van der Waals surface area contributed by atoms with Crippen molar-refractivity contribution < 1.29 is 17.9 Å². The molecule has 2 heterocycles. The molecule has 3 rings (SSSR count). The quantitative estimate of drug-likeness (QED) is 0.766. The molecular formula is C16H22ClN3O4S. The average molecular weight is 388 g/mol. The molecule has 0 amide bonds. The fourth-order valence-electron chi connectivity index (χ4n) is 3.34. The number of ether oxygens (including phenoxy) is 1. The van der Waals surface area contributed by atoms with Crippen LogP contribution < -0.4 is 10.2 Å². The van der Waals surface area contributed by atoms with Crippen LogP contribution in [0.3, 0.4) is 0 Å². The highest BCUT2D eigenvalue weighted by atomic mass is 35.5. The largest absolute Gasteiger partial charge is 0.468 e. The summed E-state index contributed by atoms with van der Waals surface area (Å²) in [7, 11) is -2.13. The highest BCUT2D eigenvalue weighted by molar-refractivity contribution is 7.89. The molecule has 2 aliphatic rings. The van der Waals surface area contributed by atoms with Crippen LogP contribution >= 0.6 is 11.6 Å². The third-order valence-corrected chi connectivity index (χ3v) is 7.29. The number of methoxy groups -OCH3 is 1. The van der Waals surface area contributed by atoms with Gasteiger partial charge >= 0.3 is 5.97 Å². The van der Waals surface area contributed by atoms with E-state index in [2.05, 4.69) is 15.0 Å². The lowest BCUT2D eigenvalue weighted by atomic mass is 10.2. The molecule has 7 nitrogen and oxygen atoms in total. The van der Waals surface area contributed by atoms with Crippen LogP contribution in [0.5, 0.6) is 0 Å². The van der Waals surface area contributed by atoms with Crippen LogP contribution in [0.15, 0.2) is 24.3 Å². The van der Waals surface area contributed by atoms with Crippen LogP contribution in [0, 0.1) is 0 Å². The van der Waals surface area contributed by atoms with E-state index in [1.165, 1.54) is 11.4 Å². The molecule has 138 valence electrons. The predicted molar refractivity (Wildman–Crippen MR) is 96.4 cm³/mol. The second-order valence-electron chi connectivity index (χ2n) is 6.25. The molecule has 25 heavy (non-hydrogen) atoms. The van der Waals surface area contributed by atoms with E-state index in [1.807, 2.05) is 24.3 Å². The Kier molecular flexibility index (Phi) is 5.52. The molecule has 1 aromatic carbocycles. The van der Waals surface area contributed by atoms with Gasteiger partial charge in [-0.3, -0.25) is 4.79 Å². The first kappa shape index (κ1) is 18.4. The van der Waals surface area contributed by atoms with Crippen LogP contribution in [-0.2, 0) is 19.6 Å². The minimum atomic E-state index is -3.44. The first-order valence-electron chi connectivity index (χ1n) is 8.22. The Bertz CT molecular complexity index is 735. The summed E-state index contributed by atoms with van der Waals surface area (Å²) < 4.78 is 31.9. The maximum Gasteiger partial charge on any atom is 0.322 e. The van der Waals surface area contributed by atoms with Gasteiger partial charge in [-0.05, 0) is 24.6 Å². The maximum atomic E-state index is 12.8. The van der Waals surface area contributed by atoms with Crippen LogP contribution in [0.4, 0.5) is 5.69 Å². The highest BCUT2D eigenvalue weighted by Crippen LogP contribution is 2.24. The molecule has 0 spiro atoms. The second-order valence-corrected chi connectivity index (χ2v) is 8.90. The lowest BCUT2D eigenvalue weighted by Crippen LogP contribution is -2.51. The first-order chi connectivity index (χ1) is 11.9.